The number of hydrogen-bond acceptors (Lipinski definition) is 5. The van der Waals surface area contributed by atoms with Crippen molar-refractivity contribution >= 4 is 11.2 Å². The van der Waals surface area contributed by atoms with E-state index < -0.39 is 12.7 Å². The Kier molecular flexibility index (Phi) is 5.65. The van der Waals surface area contributed by atoms with Crippen LogP contribution in [-0.2, 0) is 0 Å². The molecule has 1 aliphatic rings. The molecule has 9 heteroatoms. The topological polar surface area (TPSA) is 67.1 Å². The lowest BCUT2D eigenvalue weighted by atomic mass is 10.0. The zero-order valence-electron chi connectivity index (χ0n) is 16.3. The molecule has 3 aromatic rings. The van der Waals surface area contributed by atoms with Crippen LogP contribution in [0.1, 0.15) is 17.8 Å². The number of nitrogens with one attached hydrogen (secondary N) is 2. The lowest BCUT2D eigenvalue weighted by Gasteiger charge is -2.19. The zero-order valence-corrected chi connectivity index (χ0v) is 16.3. The van der Waals surface area contributed by atoms with E-state index in [1.54, 1.807) is 16.9 Å². The minimum Gasteiger partial charge on any atom is -0.298 e. The van der Waals surface area contributed by atoms with E-state index in [1.165, 1.54) is 0 Å². The molecule has 0 bridgehead atoms. The van der Waals surface area contributed by atoms with Gasteiger partial charge in [0.2, 0.25) is 0 Å². The number of nitrogens with zero attached hydrogens (tertiary/aromatic N) is 4. The Balaban J connectivity index is 1.50. The van der Waals surface area contributed by atoms with Crippen molar-refractivity contribution in [3.05, 3.63) is 66.4 Å². The molecule has 3 heterocycles. The highest BCUT2D eigenvalue weighted by Crippen LogP contribution is 2.24. The van der Waals surface area contributed by atoms with E-state index in [4.69, 9.17) is 0 Å². The maximum Gasteiger partial charge on any atom is 0.401 e. The zero-order chi connectivity index (χ0) is 21.1. The molecule has 1 atom stereocenters. The standard InChI is InChI=1S/C21H21F3N6/c1-14-5-6-16(9-26-14)17-8-20-27-11-19(30(20)29-10-17)15-3-2-4-18(7-15)28-13-25-12-21(22,23)24/h2-3,5-11,18,25,28H,4,12-13H2,1H3. The molecule has 30 heavy (non-hydrogen) atoms. The first-order chi connectivity index (χ1) is 14.4. The average molecular weight is 414 g/mol. The number of rotatable bonds is 6. The van der Waals surface area contributed by atoms with Crippen molar-refractivity contribution in [1.29, 1.82) is 0 Å². The minimum atomic E-state index is -4.22. The van der Waals surface area contributed by atoms with Crippen molar-refractivity contribution in [3.63, 3.8) is 0 Å². The summed E-state index contributed by atoms with van der Waals surface area (Å²) in [5.41, 5.74) is 5.29. The van der Waals surface area contributed by atoms with Crippen LogP contribution < -0.4 is 10.6 Å². The summed E-state index contributed by atoms with van der Waals surface area (Å²) in [5.74, 6) is 0. The van der Waals surface area contributed by atoms with E-state index in [2.05, 4.69) is 25.7 Å². The van der Waals surface area contributed by atoms with Crippen LogP contribution in [0.5, 0.6) is 0 Å². The molecule has 0 aromatic carbocycles. The quantitative estimate of drug-likeness (QED) is 0.477. The number of halogens is 3. The van der Waals surface area contributed by atoms with E-state index >= 15 is 0 Å². The van der Waals surface area contributed by atoms with Gasteiger partial charge >= 0.3 is 6.18 Å². The number of aromatic nitrogens is 4. The highest BCUT2D eigenvalue weighted by molar-refractivity contribution is 5.75. The second-order valence-electron chi connectivity index (χ2n) is 7.14. The van der Waals surface area contributed by atoms with E-state index in [0.29, 0.717) is 12.1 Å². The molecule has 1 unspecified atom stereocenters. The fourth-order valence-electron chi connectivity index (χ4n) is 3.27. The summed E-state index contributed by atoms with van der Waals surface area (Å²) in [4.78, 5) is 8.79. The number of alkyl halides is 3. The number of pyridine rings is 1. The SMILES string of the molecule is Cc1ccc(-c2cnn3c(C4=CC(NCNCC(F)(F)F)CC=C4)cnc3c2)cn1. The number of allylic oxidation sites excluding steroid dienone is 2. The van der Waals surface area contributed by atoms with Crippen LogP contribution in [0, 0.1) is 6.92 Å². The number of hydrogen-bond donors (Lipinski definition) is 2. The Morgan fingerprint density at radius 2 is 2.00 bits per heavy atom. The Morgan fingerprint density at radius 3 is 2.77 bits per heavy atom. The summed E-state index contributed by atoms with van der Waals surface area (Å²) in [7, 11) is 0. The van der Waals surface area contributed by atoms with Gasteiger partial charge in [-0.2, -0.15) is 18.3 Å². The van der Waals surface area contributed by atoms with Gasteiger partial charge in [0.15, 0.2) is 5.65 Å². The third kappa shape index (κ3) is 4.74. The molecule has 4 rings (SSSR count). The van der Waals surface area contributed by atoms with E-state index in [1.807, 2.05) is 49.5 Å². The van der Waals surface area contributed by atoms with Gasteiger partial charge in [0.1, 0.15) is 0 Å². The summed E-state index contributed by atoms with van der Waals surface area (Å²) >= 11 is 0. The first kappa shape index (κ1) is 20.2. The Morgan fingerprint density at radius 1 is 1.13 bits per heavy atom. The molecule has 3 aromatic heterocycles. The van der Waals surface area contributed by atoms with Crippen molar-refractivity contribution < 1.29 is 13.2 Å². The molecule has 2 N–H and O–H groups in total. The van der Waals surface area contributed by atoms with Gasteiger partial charge in [0.25, 0.3) is 0 Å². The number of aryl methyl sites for hydroxylation is 1. The summed E-state index contributed by atoms with van der Waals surface area (Å²) < 4.78 is 38.5. The van der Waals surface area contributed by atoms with Crippen LogP contribution >= 0.6 is 0 Å². The first-order valence-corrected chi connectivity index (χ1v) is 9.55. The molecule has 6 nitrogen and oxygen atoms in total. The van der Waals surface area contributed by atoms with Crippen LogP contribution in [0.4, 0.5) is 13.2 Å². The minimum absolute atomic E-state index is 0.0706. The van der Waals surface area contributed by atoms with Gasteiger partial charge in [-0.1, -0.05) is 24.3 Å². The van der Waals surface area contributed by atoms with Gasteiger partial charge in [-0.15, -0.1) is 0 Å². The van der Waals surface area contributed by atoms with Gasteiger partial charge in [0.05, 0.1) is 24.6 Å². The van der Waals surface area contributed by atoms with Crippen molar-refractivity contribution in [2.45, 2.75) is 25.6 Å². The molecule has 156 valence electrons. The predicted octanol–water partition coefficient (Wildman–Crippen LogP) is 3.51. The Bertz CT molecular complexity index is 1080. The van der Waals surface area contributed by atoms with Crippen molar-refractivity contribution in [1.82, 2.24) is 30.2 Å². The van der Waals surface area contributed by atoms with Gasteiger partial charge < -0.3 is 0 Å². The molecule has 0 fully saturated rings. The highest BCUT2D eigenvalue weighted by Gasteiger charge is 2.26. The second kappa shape index (κ2) is 8.37. The molecule has 0 radical (unpaired) electrons. The Labute approximate surface area is 171 Å². The normalized spacial score (nSPS) is 16.8. The summed E-state index contributed by atoms with van der Waals surface area (Å²) in [6, 6.07) is 5.82. The van der Waals surface area contributed by atoms with Crippen molar-refractivity contribution in [3.8, 4) is 11.1 Å². The maximum atomic E-state index is 12.2. The van der Waals surface area contributed by atoms with Crippen LogP contribution in [0.15, 0.2) is 55.0 Å². The lowest BCUT2D eigenvalue weighted by molar-refractivity contribution is -0.124. The van der Waals surface area contributed by atoms with Crippen molar-refractivity contribution in [2.24, 2.45) is 0 Å². The molecule has 1 aliphatic carbocycles. The van der Waals surface area contributed by atoms with E-state index in [9.17, 15) is 13.2 Å². The lowest BCUT2D eigenvalue weighted by Crippen LogP contribution is -2.40. The molecule has 0 amide bonds. The highest BCUT2D eigenvalue weighted by atomic mass is 19.4. The Hall–Kier alpha value is -3.04. The van der Waals surface area contributed by atoms with E-state index in [-0.39, 0.29) is 12.7 Å². The van der Waals surface area contributed by atoms with Gasteiger partial charge in [-0.25, -0.2) is 9.50 Å². The van der Waals surface area contributed by atoms with Crippen LogP contribution in [0.2, 0.25) is 0 Å². The summed E-state index contributed by atoms with van der Waals surface area (Å²) in [6.07, 6.45) is 7.76. The monoisotopic (exact) mass is 414 g/mol. The fourth-order valence-corrected chi connectivity index (χ4v) is 3.27. The maximum absolute atomic E-state index is 12.2. The molecule has 0 spiro atoms. The third-order valence-electron chi connectivity index (χ3n) is 4.78. The van der Waals surface area contributed by atoms with Gasteiger partial charge in [-0.05, 0) is 31.1 Å². The smallest absolute Gasteiger partial charge is 0.298 e. The average Bonchev–Trinajstić information content (AvgIpc) is 3.15. The molecule has 0 saturated heterocycles. The van der Waals surface area contributed by atoms with Gasteiger partial charge in [-0.3, -0.25) is 15.6 Å². The molecule has 0 aliphatic heterocycles. The van der Waals surface area contributed by atoms with Crippen LogP contribution in [0.3, 0.4) is 0 Å². The second-order valence-corrected chi connectivity index (χ2v) is 7.14. The summed E-state index contributed by atoms with van der Waals surface area (Å²) in [6.45, 7) is 0.988. The molecular weight excluding hydrogens is 393 g/mol. The van der Waals surface area contributed by atoms with Crippen LogP contribution in [0.25, 0.3) is 22.3 Å². The van der Waals surface area contributed by atoms with Crippen molar-refractivity contribution in [2.75, 3.05) is 13.2 Å². The predicted molar refractivity (Wildman–Crippen MR) is 109 cm³/mol. The molecular formula is C21H21F3N6. The van der Waals surface area contributed by atoms with Crippen LogP contribution in [-0.4, -0.2) is 45.0 Å². The van der Waals surface area contributed by atoms with Gasteiger partial charge in [0, 0.05) is 35.7 Å². The first-order valence-electron chi connectivity index (χ1n) is 9.55. The number of imidazole rings is 1. The number of fused-ring (bicyclic) bond motifs is 1. The summed E-state index contributed by atoms with van der Waals surface area (Å²) in [5, 5.41) is 9.96. The fraction of sp³-hybridized carbons (Fsp3) is 0.286. The van der Waals surface area contributed by atoms with E-state index in [0.717, 1.165) is 28.1 Å². The largest absolute Gasteiger partial charge is 0.401 e. The third-order valence-corrected chi connectivity index (χ3v) is 4.78. The molecule has 0 saturated carbocycles.